The molecule has 5 rings (SSSR count). The Kier molecular flexibility index (Phi) is 7.33. The van der Waals surface area contributed by atoms with Crippen molar-refractivity contribution in [1.29, 1.82) is 0 Å². The minimum Gasteiger partial charge on any atom is -0.386 e. The molecule has 0 spiro atoms. The standard InChI is InChI=1S/C26H31N9O2/c27-24(26(8-1-9-26)20-4-2-18(3-5-20)19-16-30-25(28)31-17-19)32-23(36)21-6-7-22(34-33-21)29-10-11-35-12-14-37-15-13-35/h2-7,16-17H,1,8-15H2,(H,29,34)(H2,27,32,36)(H2,28,30,31). The van der Waals surface area contributed by atoms with Gasteiger partial charge >= 0.3 is 0 Å². The molecule has 5 N–H and O–H groups in total. The van der Waals surface area contributed by atoms with Crippen LogP contribution in [0.4, 0.5) is 11.8 Å². The third-order valence-corrected chi connectivity index (χ3v) is 7.08. The molecule has 1 saturated carbocycles. The first-order chi connectivity index (χ1) is 18.0. The van der Waals surface area contributed by atoms with Gasteiger partial charge in [0, 0.05) is 44.1 Å². The topological polar surface area (TPSA) is 158 Å². The molecule has 0 radical (unpaired) electrons. The van der Waals surface area contributed by atoms with E-state index >= 15 is 0 Å². The molecule has 0 bridgehead atoms. The van der Waals surface area contributed by atoms with E-state index in [4.69, 9.17) is 16.2 Å². The number of nitrogen functional groups attached to an aromatic ring is 1. The molecule has 1 aliphatic carbocycles. The van der Waals surface area contributed by atoms with Gasteiger partial charge in [0.2, 0.25) is 5.95 Å². The van der Waals surface area contributed by atoms with Crippen molar-refractivity contribution < 1.29 is 9.53 Å². The average Bonchev–Trinajstić information content (AvgIpc) is 2.90. The lowest BCUT2D eigenvalue weighted by Crippen LogP contribution is -2.47. The molecule has 3 heterocycles. The maximum Gasteiger partial charge on any atom is 0.299 e. The predicted molar refractivity (Wildman–Crippen MR) is 141 cm³/mol. The summed E-state index contributed by atoms with van der Waals surface area (Å²) < 4.78 is 5.37. The van der Waals surface area contributed by atoms with Crippen molar-refractivity contribution in [3.05, 3.63) is 60.0 Å². The average molecular weight is 502 g/mol. The maximum atomic E-state index is 12.8. The van der Waals surface area contributed by atoms with E-state index in [1.165, 1.54) is 0 Å². The van der Waals surface area contributed by atoms with E-state index < -0.39 is 11.3 Å². The summed E-state index contributed by atoms with van der Waals surface area (Å²) in [5.74, 6) is 0.666. The number of ether oxygens (including phenoxy) is 1. The van der Waals surface area contributed by atoms with Crippen molar-refractivity contribution in [2.24, 2.45) is 10.7 Å². The lowest BCUT2D eigenvalue weighted by molar-refractivity contribution is 0.0398. The van der Waals surface area contributed by atoms with Crippen molar-refractivity contribution in [3.63, 3.8) is 0 Å². The Labute approximate surface area is 215 Å². The van der Waals surface area contributed by atoms with E-state index in [0.29, 0.717) is 11.7 Å². The Balaban J connectivity index is 1.23. The largest absolute Gasteiger partial charge is 0.386 e. The first kappa shape index (κ1) is 24.7. The Bertz CT molecular complexity index is 1230. The number of amidine groups is 1. The number of nitrogens with zero attached hydrogens (tertiary/aromatic N) is 6. The minimum absolute atomic E-state index is 0.162. The fourth-order valence-electron chi connectivity index (χ4n) is 4.67. The lowest BCUT2D eigenvalue weighted by atomic mass is 9.63. The minimum atomic E-state index is -0.494. The van der Waals surface area contributed by atoms with Crippen LogP contribution in [-0.4, -0.2) is 76.2 Å². The third kappa shape index (κ3) is 5.57. The lowest BCUT2D eigenvalue weighted by Gasteiger charge is -2.41. The van der Waals surface area contributed by atoms with Crippen molar-refractivity contribution in [1.82, 2.24) is 25.1 Å². The molecule has 37 heavy (non-hydrogen) atoms. The van der Waals surface area contributed by atoms with E-state index in [1.807, 2.05) is 24.3 Å². The Morgan fingerprint density at radius 1 is 1.03 bits per heavy atom. The molecular weight excluding hydrogens is 470 g/mol. The molecule has 1 aliphatic heterocycles. The van der Waals surface area contributed by atoms with E-state index in [0.717, 1.165) is 75.3 Å². The molecule has 11 nitrogen and oxygen atoms in total. The molecule has 2 aromatic heterocycles. The Morgan fingerprint density at radius 2 is 1.76 bits per heavy atom. The van der Waals surface area contributed by atoms with Crippen LogP contribution in [0.5, 0.6) is 0 Å². The van der Waals surface area contributed by atoms with E-state index in [9.17, 15) is 4.79 Å². The normalized spacial score (nSPS) is 17.7. The van der Waals surface area contributed by atoms with Gasteiger partial charge in [-0.1, -0.05) is 30.7 Å². The van der Waals surface area contributed by atoms with Gasteiger partial charge in [-0.05, 0) is 36.1 Å². The van der Waals surface area contributed by atoms with E-state index in [-0.39, 0.29) is 11.6 Å². The molecule has 0 atom stereocenters. The third-order valence-electron chi connectivity index (χ3n) is 7.08. The number of hydrogen-bond acceptors (Lipinski definition) is 9. The highest BCUT2D eigenvalue weighted by atomic mass is 16.5. The second-order valence-electron chi connectivity index (χ2n) is 9.33. The number of hydrogen-bond donors (Lipinski definition) is 3. The number of benzene rings is 1. The molecule has 0 unspecified atom stereocenters. The molecule has 1 aromatic carbocycles. The van der Waals surface area contributed by atoms with Crippen molar-refractivity contribution in [2.75, 3.05) is 50.4 Å². The summed E-state index contributed by atoms with van der Waals surface area (Å²) in [4.78, 5) is 27.5. The Hall–Kier alpha value is -3.96. The van der Waals surface area contributed by atoms with Crippen LogP contribution in [0, 0.1) is 0 Å². The molecule has 2 aliphatic rings. The molecule has 1 saturated heterocycles. The van der Waals surface area contributed by atoms with Crippen LogP contribution < -0.4 is 16.8 Å². The van der Waals surface area contributed by atoms with Crippen LogP contribution in [0.3, 0.4) is 0 Å². The number of anilines is 2. The van der Waals surface area contributed by atoms with E-state index in [1.54, 1.807) is 24.5 Å². The summed E-state index contributed by atoms with van der Waals surface area (Å²) in [5.41, 5.74) is 14.6. The predicted octanol–water partition coefficient (Wildman–Crippen LogP) is 1.88. The number of carbonyl (C=O) groups is 1. The monoisotopic (exact) mass is 501 g/mol. The van der Waals surface area contributed by atoms with Crippen molar-refractivity contribution >= 4 is 23.5 Å². The van der Waals surface area contributed by atoms with Gasteiger partial charge in [0.1, 0.15) is 11.7 Å². The number of carbonyl (C=O) groups excluding carboxylic acids is 1. The Morgan fingerprint density at radius 3 is 2.38 bits per heavy atom. The van der Waals surface area contributed by atoms with Crippen molar-refractivity contribution in [3.8, 4) is 11.1 Å². The fraction of sp³-hybridized carbons (Fsp3) is 0.385. The molecule has 3 aromatic rings. The summed E-state index contributed by atoms with van der Waals surface area (Å²) in [5, 5.41) is 11.4. The summed E-state index contributed by atoms with van der Waals surface area (Å²) in [6.45, 7) is 5.04. The van der Waals surface area contributed by atoms with E-state index in [2.05, 4.69) is 35.4 Å². The zero-order valence-electron chi connectivity index (χ0n) is 20.6. The van der Waals surface area contributed by atoms with Crippen LogP contribution in [0.15, 0.2) is 53.8 Å². The van der Waals surface area contributed by atoms with Gasteiger partial charge in [0.15, 0.2) is 5.69 Å². The number of nitrogens with one attached hydrogen (secondary N) is 1. The van der Waals surface area contributed by atoms with Gasteiger partial charge in [-0.25, -0.2) is 9.97 Å². The highest BCUT2D eigenvalue weighted by Gasteiger charge is 2.43. The smallest absolute Gasteiger partial charge is 0.299 e. The SMILES string of the molecule is NC(=NC(=O)c1ccc(NCCN2CCOCC2)nn1)C1(c2ccc(-c3cnc(N)nc3)cc2)CCC1. The fourth-order valence-corrected chi connectivity index (χ4v) is 4.67. The maximum absolute atomic E-state index is 12.8. The number of rotatable bonds is 8. The van der Waals surface area contributed by atoms with Gasteiger partial charge in [-0.15, -0.1) is 10.2 Å². The number of aromatic nitrogens is 4. The number of nitrogens with two attached hydrogens (primary N) is 2. The second-order valence-corrected chi connectivity index (χ2v) is 9.33. The van der Waals surface area contributed by atoms with Crippen LogP contribution in [0.2, 0.25) is 0 Å². The van der Waals surface area contributed by atoms with Crippen LogP contribution in [-0.2, 0) is 10.2 Å². The van der Waals surface area contributed by atoms with Gasteiger partial charge in [0.05, 0.1) is 18.6 Å². The molecule has 192 valence electrons. The zero-order valence-corrected chi connectivity index (χ0v) is 20.6. The number of amides is 1. The summed E-state index contributed by atoms with van der Waals surface area (Å²) in [6.07, 6.45) is 6.06. The number of morpholine rings is 1. The highest BCUT2D eigenvalue weighted by Crippen LogP contribution is 2.44. The van der Waals surface area contributed by atoms with Gasteiger partial charge in [-0.2, -0.15) is 4.99 Å². The quantitative estimate of drug-likeness (QED) is 0.307. The zero-order chi connectivity index (χ0) is 25.7. The van der Waals surface area contributed by atoms with Crippen LogP contribution in [0.25, 0.3) is 11.1 Å². The molecule has 2 fully saturated rings. The van der Waals surface area contributed by atoms with Crippen molar-refractivity contribution in [2.45, 2.75) is 24.7 Å². The number of aliphatic imine (C=N–C) groups is 1. The molecule has 1 amide bonds. The summed E-state index contributed by atoms with van der Waals surface area (Å²) >= 11 is 0. The first-order valence-electron chi connectivity index (χ1n) is 12.5. The second kappa shape index (κ2) is 11.0. The highest BCUT2D eigenvalue weighted by molar-refractivity contribution is 6.05. The molecular formula is C26H31N9O2. The van der Waals surface area contributed by atoms with Gasteiger partial charge in [0.25, 0.3) is 5.91 Å². The first-order valence-corrected chi connectivity index (χ1v) is 12.5. The van der Waals surface area contributed by atoms with Crippen LogP contribution in [0.1, 0.15) is 35.3 Å². The summed E-state index contributed by atoms with van der Waals surface area (Å²) in [6, 6.07) is 11.4. The molecule has 11 heteroatoms. The summed E-state index contributed by atoms with van der Waals surface area (Å²) in [7, 11) is 0. The van der Waals surface area contributed by atoms with Gasteiger partial charge in [-0.3, -0.25) is 9.69 Å². The van der Waals surface area contributed by atoms with Gasteiger partial charge < -0.3 is 21.5 Å². The van der Waals surface area contributed by atoms with Crippen LogP contribution >= 0.6 is 0 Å².